The first-order valence-electron chi connectivity index (χ1n) is 35.8. The highest BCUT2D eigenvalue weighted by atomic mass is 16.6. The fourth-order valence-electron chi connectivity index (χ4n) is 10.8. The number of carbonyl (C=O) groups excluding carboxylic acids is 3. The van der Waals surface area contributed by atoms with Gasteiger partial charge in [-0.25, -0.2) is 0 Å². The number of rotatable bonds is 66. The molecule has 0 aliphatic rings. The summed E-state index contributed by atoms with van der Waals surface area (Å²) < 4.78 is 16.8. The smallest absolute Gasteiger partial charge is 0.310 e. The average Bonchev–Trinajstić information content (AvgIpc) is 3.47. The quantitative estimate of drug-likeness (QED) is 0.0261. The van der Waals surface area contributed by atoms with Gasteiger partial charge in [-0.05, 0) is 44.9 Å². The van der Waals surface area contributed by atoms with Crippen molar-refractivity contribution in [3.8, 4) is 0 Å². The number of esters is 3. The molecule has 0 rings (SSSR count). The number of hydrogen-bond donors (Lipinski definition) is 0. The average molecular weight is 1130 g/mol. The van der Waals surface area contributed by atoms with Gasteiger partial charge in [-0.3, -0.25) is 14.4 Å². The molecule has 0 aromatic carbocycles. The molecule has 6 heteroatoms. The Balaban J connectivity index is 4.12. The number of hydrogen-bond acceptors (Lipinski definition) is 6. The van der Waals surface area contributed by atoms with Crippen LogP contribution in [0.25, 0.3) is 0 Å². The molecule has 0 spiro atoms. The Morgan fingerprint density at radius 1 is 0.259 bits per heavy atom. The summed E-state index contributed by atoms with van der Waals surface area (Å²) in [6, 6.07) is 0. The maximum atomic E-state index is 12.8. The topological polar surface area (TPSA) is 78.9 Å². The first-order chi connectivity index (χ1) is 40.0. The van der Waals surface area contributed by atoms with E-state index in [4.69, 9.17) is 14.2 Å². The maximum Gasteiger partial charge on any atom is 0.310 e. The Kier molecular flexibility index (Phi) is 67.1. The fraction of sp³-hybridized carbons (Fsp3) is 0.827. The minimum absolute atomic E-state index is 0.102. The summed E-state index contributed by atoms with van der Waals surface area (Å²) in [6.45, 7) is 6.50. The first kappa shape index (κ1) is 78.1. The lowest BCUT2D eigenvalue weighted by atomic mass is 10.0. The standard InChI is InChI=1S/C75H136O6/c1-4-7-10-13-16-19-22-25-28-29-30-31-32-33-34-35-36-37-38-39-40-41-42-43-44-45-46-48-50-53-56-59-62-65-68-74(77)80-71-72(70-79-73(76)67-64-61-58-55-52-49-27-24-21-18-15-12-9-6-3)81-75(78)69-66-63-60-57-54-51-47-26-23-20-17-14-11-8-5-2/h8,11,17,20,26,47,54,57,63,66,72H,4-7,9-10,12-16,18-19,21-25,27-46,48-53,55-56,58-62,64-65,67-71H2,1-3H3/b11-8-,20-17-,47-26-,57-54-,66-63-. The molecular formula is C75H136O6. The number of ether oxygens (including phenoxy) is 3. The van der Waals surface area contributed by atoms with E-state index in [-0.39, 0.29) is 31.6 Å². The summed E-state index contributed by atoms with van der Waals surface area (Å²) in [5.41, 5.74) is 0. The lowest BCUT2D eigenvalue weighted by Gasteiger charge is -2.18. The molecule has 0 amide bonds. The van der Waals surface area contributed by atoms with Crippen LogP contribution in [-0.2, 0) is 28.6 Å². The van der Waals surface area contributed by atoms with Crippen molar-refractivity contribution >= 4 is 17.9 Å². The van der Waals surface area contributed by atoms with Crippen molar-refractivity contribution in [3.05, 3.63) is 60.8 Å². The van der Waals surface area contributed by atoms with Gasteiger partial charge in [0.15, 0.2) is 6.10 Å². The number of carbonyl (C=O) groups is 3. The van der Waals surface area contributed by atoms with E-state index in [0.29, 0.717) is 12.8 Å². The third-order valence-corrected chi connectivity index (χ3v) is 16.1. The highest BCUT2D eigenvalue weighted by molar-refractivity contribution is 5.72. The zero-order valence-electron chi connectivity index (χ0n) is 54.3. The summed E-state index contributed by atoms with van der Waals surface area (Å²) in [7, 11) is 0. The predicted molar refractivity (Wildman–Crippen MR) is 353 cm³/mol. The molecule has 0 saturated carbocycles. The van der Waals surface area contributed by atoms with Crippen molar-refractivity contribution < 1.29 is 28.6 Å². The van der Waals surface area contributed by atoms with Crippen LogP contribution in [0.1, 0.15) is 380 Å². The second-order valence-electron chi connectivity index (χ2n) is 24.2. The Morgan fingerprint density at radius 2 is 0.469 bits per heavy atom. The lowest BCUT2D eigenvalue weighted by molar-refractivity contribution is -0.166. The highest BCUT2D eigenvalue weighted by Gasteiger charge is 2.19. The molecule has 0 heterocycles. The Morgan fingerprint density at radius 3 is 0.704 bits per heavy atom. The van der Waals surface area contributed by atoms with Gasteiger partial charge in [0.2, 0.25) is 0 Å². The second-order valence-corrected chi connectivity index (χ2v) is 24.2. The van der Waals surface area contributed by atoms with Crippen LogP contribution < -0.4 is 0 Å². The zero-order chi connectivity index (χ0) is 58.5. The normalized spacial score (nSPS) is 12.4. The molecule has 472 valence electrons. The van der Waals surface area contributed by atoms with Gasteiger partial charge in [0.25, 0.3) is 0 Å². The van der Waals surface area contributed by atoms with E-state index < -0.39 is 12.1 Å². The molecule has 0 N–H and O–H groups in total. The van der Waals surface area contributed by atoms with Gasteiger partial charge in [-0.15, -0.1) is 0 Å². The minimum atomic E-state index is -0.826. The summed E-state index contributed by atoms with van der Waals surface area (Å²) in [5, 5.41) is 0. The van der Waals surface area contributed by atoms with Gasteiger partial charge < -0.3 is 14.2 Å². The Labute approximate surface area is 504 Å². The Bertz CT molecular complexity index is 1440. The molecule has 0 aromatic heterocycles. The monoisotopic (exact) mass is 1130 g/mol. The highest BCUT2D eigenvalue weighted by Crippen LogP contribution is 2.19. The van der Waals surface area contributed by atoms with E-state index in [2.05, 4.69) is 69.4 Å². The molecular weight excluding hydrogens is 997 g/mol. The first-order valence-corrected chi connectivity index (χ1v) is 35.8. The molecule has 0 aromatic rings. The van der Waals surface area contributed by atoms with Gasteiger partial charge >= 0.3 is 17.9 Å². The van der Waals surface area contributed by atoms with Gasteiger partial charge in [0.05, 0.1) is 6.42 Å². The SMILES string of the molecule is CC/C=C\C/C=C\C/C=C\C/C=C\C/C=C\CC(=O)OC(COC(=O)CCCCCCCCCCCCCCCC)COC(=O)CCCCCCCCCCCCCCCCCCCCCCCCCCCCCCCCCCCC. The molecule has 6 nitrogen and oxygen atoms in total. The minimum Gasteiger partial charge on any atom is -0.462 e. The molecule has 0 fully saturated rings. The van der Waals surface area contributed by atoms with E-state index in [1.165, 1.54) is 270 Å². The fourth-order valence-corrected chi connectivity index (χ4v) is 10.8. The van der Waals surface area contributed by atoms with Gasteiger partial charge in [0, 0.05) is 12.8 Å². The van der Waals surface area contributed by atoms with E-state index >= 15 is 0 Å². The lowest BCUT2D eigenvalue weighted by Crippen LogP contribution is -2.30. The molecule has 0 saturated heterocycles. The van der Waals surface area contributed by atoms with Crippen molar-refractivity contribution in [2.75, 3.05) is 13.2 Å². The number of allylic oxidation sites excluding steroid dienone is 9. The van der Waals surface area contributed by atoms with E-state index in [1.54, 1.807) is 6.08 Å². The number of unbranched alkanes of at least 4 members (excludes halogenated alkanes) is 46. The largest absolute Gasteiger partial charge is 0.462 e. The summed E-state index contributed by atoms with van der Waals surface area (Å²) in [5.74, 6) is -1.02. The molecule has 0 bridgehead atoms. The van der Waals surface area contributed by atoms with Crippen molar-refractivity contribution in [1.29, 1.82) is 0 Å². The van der Waals surface area contributed by atoms with Gasteiger partial charge in [-0.1, -0.05) is 377 Å². The summed E-state index contributed by atoms with van der Waals surface area (Å²) >= 11 is 0. The Hall–Kier alpha value is -2.89. The van der Waals surface area contributed by atoms with Crippen molar-refractivity contribution in [3.63, 3.8) is 0 Å². The molecule has 1 unspecified atom stereocenters. The van der Waals surface area contributed by atoms with Crippen LogP contribution in [0.4, 0.5) is 0 Å². The molecule has 1 atom stereocenters. The van der Waals surface area contributed by atoms with E-state index in [1.807, 2.05) is 6.08 Å². The molecule has 81 heavy (non-hydrogen) atoms. The van der Waals surface area contributed by atoms with Crippen molar-refractivity contribution in [1.82, 2.24) is 0 Å². The van der Waals surface area contributed by atoms with Crippen molar-refractivity contribution in [2.45, 2.75) is 386 Å². The molecule has 0 aliphatic heterocycles. The van der Waals surface area contributed by atoms with Crippen molar-refractivity contribution in [2.24, 2.45) is 0 Å². The summed E-state index contributed by atoms with van der Waals surface area (Å²) in [6.07, 6.45) is 90.3. The van der Waals surface area contributed by atoms with Crippen LogP contribution in [0.2, 0.25) is 0 Å². The third kappa shape index (κ3) is 67.8. The van der Waals surface area contributed by atoms with Crippen LogP contribution >= 0.6 is 0 Å². The zero-order valence-corrected chi connectivity index (χ0v) is 54.3. The van der Waals surface area contributed by atoms with E-state index in [0.717, 1.165) is 70.6 Å². The van der Waals surface area contributed by atoms with Crippen LogP contribution in [0.5, 0.6) is 0 Å². The summed E-state index contributed by atoms with van der Waals surface area (Å²) in [4.78, 5) is 38.3. The molecule has 0 radical (unpaired) electrons. The van der Waals surface area contributed by atoms with Gasteiger partial charge in [0.1, 0.15) is 13.2 Å². The maximum absolute atomic E-state index is 12.8. The van der Waals surface area contributed by atoms with E-state index in [9.17, 15) is 14.4 Å². The third-order valence-electron chi connectivity index (χ3n) is 16.1. The van der Waals surface area contributed by atoms with Crippen LogP contribution in [0, 0.1) is 0 Å². The predicted octanol–water partition coefficient (Wildman–Crippen LogP) is 24.7. The van der Waals surface area contributed by atoms with Crippen LogP contribution in [0.15, 0.2) is 60.8 Å². The van der Waals surface area contributed by atoms with Gasteiger partial charge in [-0.2, -0.15) is 0 Å². The molecule has 0 aliphatic carbocycles. The second kappa shape index (κ2) is 69.6. The van der Waals surface area contributed by atoms with Crippen LogP contribution in [0.3, 0.4) is 0 Å². The van der Waals surface area contributed by atoms with Crippen LogP contribution in [-0.4, -0.2) is 37.2 Å².